The van der Waals surface area contributed by atoms with Crippen LogP contribution in [-0.4, -0.2) is 49.4 Å². The summed E-state index contributed by atoms with van der Waals surface area (Å²) in [6.45, 7) is 41.2. The highest BCUT2D eigenvalue weighted by atomic mass is 15.4. The second-order valence-corrected chi connectivity index (χ2v) is 14.4. The molecule has 0 saturated carbocycles. The minimum absolute atomic E-state index is 0.350. The van der Waals surface area contributed by atoms with E-state index in [1.807, 2.05) is 96.9 Å². The van der Waals surface area contributed by atoms with Crippen molar-refractivity contribution in [2.24, 2.45) is 0 Å². The van der Waals surface area contributed by atoms with Gasteiger partial charge in [0.15, 0.2) is 0 Å². The second kappa shape index (κ2) is 32.1. The van der Waals surface area contributed by atoms with E-state index in [2.05, 4.69) is 226 Å². The summed E-state index contributed by atoms with van der Waals surface area (Å²) in [5, 5.41) is 0. The topological polar surface area (TPSA) is 19.4 Å². The first kappa shape index (κ1) is 60.4. The van der Waals surface area contributed by atoms with Gasteiger partial charge in [-0.15, -0.1) is 0 Å². The molecule has 6 heteroatoms. The first-order valence-electron chi connectivity index (χ1n) is 25.4. The molecule has 0 saturated heterocycles. The van der Waals surface area contributed by atoms with Crippen LogP contribution in [0.3, 0.4) is 0 Å². The fourth-order valence-electron chi connectivity index (χ4n) is 7.85. The average molecular weight is 899 g/mol. The summed E-state index contributed by atoms with van der Waals surface area (Å²) in [5.74, 6) is 0. The summed E-state index contributed by atoms with van der Waals surface area (Å²) in [6.07, 6.45) is 7.63. The molecule has 4 aliphatic rings. The maximum absolute atomic E-state index is 2.47. The van der Waals surface area contributed by atoms with E-state index >= 15 is 0 Å². The zero-order chi connectivity index (χ0) is 50.7. The smallest absolute Gasteiger partial charge is 0.103 e. The Morgan fingerprint density at radius 1 is 0.348 bits per heavy atom. The Balaban J connectivity index is 0.000000854. The molecule has 0 radical (unpaired) electrons. The number of aryl methyl sites for hydroxylation is 3. The zero-order valence-electron chi connectivity index (χ0n) is 46.1. The summed E-state index contributed by atoms with van der Waals surface area (Å²) < 4.78 is 0. The van der Waals surface area contributed by atoms with Gasteiger partial charge >= 0.3 is 0 Å². The summed E-state index contributed by atoms with van der Waals surface area (Å²) >= 11 is 0. The highest BCUT2D eigenvalue weighted by Crippen LogP contribution is 2.49. The predicted molar refractivity (Wildman–Crippen MR) is 301 cm³/mol. The zero-order valence-corrected chi connectivity index (χ0v) is 46.1. The van der Waals surface area contributed by atoms with Crippen LogP contribution in [-0.2, 0) is 0 Å². The van der Waals surface area contributed by atoms with Crippen LogP contribution in [0.1, 0.15) is 140 Å². The molecule has 4 aliphatic heterocycles. The van der Waals surface area contributed by atoms with Crippen LogP contribution < -0.4 is 19.6 Å². The number of fused-ring (bicyclic) bond motifs is 7. The van der Waals surface area contributed by atoms with Crippen molar-refractivity contribution in [2.75, 3.05) is 40.7 Å². The molecule has 4 heterocycles. The van der Waals surface area contributed by atoms with E-state index in [0.717, 1.165) is 0 Å². The van der Waals surface area contributed by atoms with Crippen LogP contribution in [0.25, 0.3) is 16.8 Å². The van der Waals surface area contributed by atoms with Crippen LogP contribution in [0, 0.1) is 20.8 Å². The molecule has 0 unspecified atom stereocenters. The average Bonchev–Trinajstić information content (AvgIpc) is 3.98. The molecule has 5 aromatic rings. The van der Waals surface area contributed by atoms with Crippen LogP contribution >= 0.6 is 0 Å². The van der Waals surface area contributed by atoms with E-state index in [-0.39, 0.29) is 0 Å². The van der Waals surface area contributed by atoms with Gasteiger partial charge in [-0.25, -0.2) is 0 Å². The highest BCUT2D eigenvalue weighted by Gasteiger charge is 2.36. The first-order chi connectivity index (χ1) is 32.1. The van der Waals surface area contributed by atoms with Crippen molar-refractivity contribution in [3.05, 3.63) is 156 Å². The number of nitrogens with zero attached hydrogens (tertiary/aromatic N) is 6. The third kappa shape index (κ3) is 14.0. The Labute approximate surface area is 407 Å². The molecule has 66 heavy (non-hydrogen) atoms. The van der Waals surface area contributed by atoms with Gasteiger partial charge in [0.2, 0.25) is 0 Å². The quantitative estimate of drug-likeness (QED) is 0.175. The van der Waals surface area contributed by atoms with Gasteiger partial charge < -0.3 is 29.4 Å². The van der Waals surface area contributed by atoms with E-state index in [9.17, 15) is 0 Å². The third-order valence-electron chi connectivity index (χ3n) is 11.2. The monoisotopic (exact) mass is 899 g/mol. The van der Waals surface area contributed by atoms with Gasteiger partial charge in [0.1, 0.15) is 18.5 Å². The van der Waals surface area contributed by atoms with Crippen molar-refractivity contribution < 1.29 is 0 Å². The fourth-order valence-corrected chi connectivity index (χ4v) is 7.85. The molecule has 9 rings (SSSR count). The second-order valence-electron chi connectivity index (χ2n) is 14.4. The van der Waals surface area contributed by atoms with Gasteiger partial charge in [-0.3, -0.25) is 0 Å². The molecule has 5 aromatic carbocycles. The summed E-state index contributed by atoms with van der Waals surface area (Å²) in [6, 6.07) is 40.9. The van der Waals surface area contributed by atoms with E-state index in [4.69, 9.17) is 0 Å². The Kier molecular flexibility index (Phi) is 29.4. The van der Waals surface area contributed by atoms with Gasteiger partial charge in [0, 0.05) is 62.2 Å². The molecule has 364 valence electrons. The molecule has 0 aliphatic carbocycles. The lowest BCUT2D eigenvalue weighted by Crippen LogP contribution is -2.36. The summed E-state index contributed by atoms with van der Waals surface area (Å²) in [4.78, 5) is 14.0. The van der Waals surface area contributed by atoms with E-state index in [1.54, 1.807) is 0 Å². The largest absolute Gasteiger partial charge is 0.359 e. The lowest BCUT2D eigenvalue weighted by atomic mass is 9.90. The normalized spacial score (nSPS) is 15.8. The van der Waals surface area contributed by atoms with Crippen molar-refractivity contribution in [3.8, 4) is 11.1 Å². The molecular formula is C60H94N6. The summed E-state index contributed by atoms with van der Waals surface area (Å²) in [7, 11) is 6.40. The van der Waals surface area contributed by atoms with Crippen molar-refractivity contribution >= 4 is 34.1 Å². The van der Waals surface area contributed by atoms with Gasteiger partial charge in [-0.1, -0.05) is 188 Å². The number of anilines is 5. The Morgan fingerprint density at radius 3 is 1.27 bits per heavy atom. The minimum Gasteiger partial charge on any atom is -0.359 e. The van der Waals surface area contributed by atoms with Crippen molar-refractivity contribution in [1.29, 1.82) is 0 Å². The first-order valence-corrected chi connectivity index (χ1v) is 25.4. The molecule has 0 amide bonds. The lowest BCUT2D eigenvalue weighted by Gasteiger charge is -2.36. The maximum Gasteiger partial charge on any atom is 0.103 e. The van der Waals surface area contributed by atoms with E-state index in [1.165, 1.54) is 67.5 Å². The standard InChI is InChI=1S/C18H18N2.C16H18N2.C12H16N2.7C2H6/c1-12-7-6-10-16-14-8-4-5-9-15(14)17-11-19(3)13(2)20(17)18(12)16;1-12-8-4-5-9-14(12)18-13(2)17(3)15-10-6-7-11-16(15)18;1-10-6-4-5-7-12(10)14-9-8-13(3)11(14)2;7*1-2/h4-11,13H,1-3H3;4-11,13H,1-3H3;4-9,11H,1-3H3;7*1-2H3/t2*13-;11-;;;;;;;/m000......./s1. The molecule has 3 atom stereocenters. The van der Waals surface area contributed by atoms with Crippen LogP contribution in [0.2, 0.25) is 0 Å². The van der Waals surface area contributed by atoms with Gasteiger partial charge in [0.05, 0.1) is 22.8 Å². The van der Waals surface area contributed by atoms with Crippen LogP contribution in [0.15, 0.2) is 134 Å². The van der Waals surface area contributed by atoms with Crippen molar-refractivity contribution in [1.82, 2.24) is 9.80 Å². The maximum atomic E-state index is 2.47. The number of benzene rings is 5. The molecule has 6 nitrogen and oxygen atoms in total. The number of hydrogen-bond donors (Lipinski definition) is 0. The molecule has 0 fully saturated rings. The molecule has 0 bridgehead atoms. The summed E-state index contributed by atoms with van der Waals surface area (Å²) in [5.41, 5.74) is 15.8. The fraction of sp³-hybridized carbons (Fsp3) is 0.433. The van der Waals surface area contributed by atoms with Crippen LogP contribution in [0.4, 0.5) is 28.4 Å². The third-order valence-corrected chi connectivity index (χ3v) is 11.2. The molecule has 0 N–H and O–H groups in total. The Morgan fingerprint density at radius 2 is 0.773 bits per heavy atom. The van der Waals surface area contributed by atoms with E-state index in [0.29, 0.717) is 18.5 Å². The van der Waals surface area contributed by atoms with Crippen molar-refractivity contribution in [2.45, 2.75) is 157 Å². The predicted octanol–water partition coefficient (Wildman–Crippen LogP) is 17.7. The number of rotatable bonds is 2. The molecule has 0 spiro atoms. The Bertz CT molecular complexity index is 2140. The van der Waals surface area contributed by atoms with Gasteiger partial charge in [0.25, 0.3) is 0 Å². The van der Waals surface area contributed by atoms with E-state index < -0.39 is 0 Å². The van der Waals surface area contributed by atoms with Gasteiger partial charge in [-0.05, 0) is 88.1 Å². The van der Waals surface area contributed by atoms with Gasteiger partial charge in [-0.2, -0.15) is 0 Å². The van der Waals surface area contributed by atoms with Crippen molar-refractivity contribution in [3.63, 3.8) is 0 Å². The molecule has 0 aromatic heterocycles. The highest BCUT2D eigenvalue weighted by molar-refractivity contribution is 6.01. The SMILES string of the molecule is CC.CC.CC.CC.CC.CC.CC.Cc1cccc2c1N1C(=CN(C)[C@@H]1C)c1ccccc1-2.Cc1ccccc1N1C=CN(C)[C@@H]1C.Cc1ccccc1N1c2ccccc2N(C)[C@@H]1C. The molecular weight excluding hydrogens is 805 g/mol. The lowest BCUT2D eigenvalue weighted by molar-refractivity contribution is 0.383. The Hall–Kier alpha value is -5.62. The minimum atomic E-state index is 0.350. The van der Waals surface area contributed by atoms with Crippen LogP contribution in [0.5, 0.6) is 0 Å². The number of hydrogen-bond acceptors (Lipinski definition) is 6. The number of para-hydroxylation sites is 5.